The number of nitrogens with one attached hydrogen (secondary N) is 2. The van der Waals surface area contributed by atoms with E-state index in [4.69, 9.17) is 0 Å². The molecule has 0 bridgehead atoms. The lowest BCUT2D eigenvalue weighted by molar-refractivity contribution is -0.116. The molecule has 18 heavy (non-hydrogen) atoms. The first kappa shape index (κ1) is 13.3. The van der Waals surface area contributed by atoms with Gasteiger partial charge in [-0.2, -0.15) is 0 Å². The predicted octanol–water partition coefficient (Wildman–Crippen LogP) is 3.76. The molecule has 1 heterocycles. The lowest BCUT2D eigenvalue weighted by atomic mass is 9.84. The van der Waals surface area contributed by atoms with E-state index in [1.54, 1.807) is 6.07 Å². The van der Waals surface area contributed by atoms with E-state index >= 15 is 0 Å². The molecule has 1 aromatic rings. The zero-order valence-electron chi connectivity index (χ0n) is 10.6. The Morgan fingerprint density at radius 3 is 2.61 bits per heavy atom. The first-order valence-electron chi connectivity index (χ1n) is 5.83. The fourth-order valence-corrected chi connectivity index (χ4v) is 2.26. The highest BCUT2D eigenvalue weighted by Gasteiger charge is 2.30. The molecule has 1 unspecified atom stereocenters. The maximum Gasteiger partial charge on any atom is 0.226 e. The SMILES string of the molecule is CC(C)(C)C1CC(=O)Nc2cc(F)c(Br)cc2N1. The molecule has 0 saturated carbocycles. The van der Waals surface area contributed by atoms with Gasteiger partial charge in [-0.25, -0.2) is 4.39 Å². The van der Waals surface area contributed by atoms with Crippen LogP contribution in [0.3, 0.4) is 0 Å². The largest absolute Gasteiger partial charge is 0.380 e. The van der Waals surface area contributed by atoms with E-state index in [0.717, 1.165) is 5.69 Å². The lowest BCUT2D eigenvalue weighted by Crippen LogP contribution is -2.35. The van der Waals surface area contributed by atoms with E-state index < -0.39 is 0 Å². The van der Waals surface area contributed by atoms with Gasteiger partial charge in [0, 0.05) is 18.5 Å². The molecule has 1 atom stereocenters. The molecule has 1 aliphatic rings. The number of fused-ring (bicyclic) bond motifs is 1. The number of rotatable bonds is 0. The van der Waals surface area contributed by atoms with Crippen LogP contribution in [0.25, 0.3) is 0 Å². The average molecular weight is 315 g/mol. The maximum atomic E-state index is 13.5. The van der Waals surface area contributed by atoms with Crippen LogP contribution in [0.1, 0.15) is 27.2 Å². The molecule has 0 aromatic heterocycles. The van der Waals surface area contributed by atoms with E-state index in [-0.39, 0.29) is 23.2 Å². The van der Waals surface area contributed by atoms with Gasteiger partial charge in [0.15, 0.2) is 0 Å². The summed E-state index contributed by atoms with van der Waals surface area (Å²) in [5, 5.41) is 6.05. The molecular weight excluding hydrogens is 299 g/mol. The molecule has 1 aliphatic heterocycles. The molecule has 0 saturated heterocycles. The van der Waals surface area contributed by atoms with E-state index in [0.29, 0.717) is 16.6 Å². The van der Waals surface area contributed by atoms with Crippen LogP contribution in [0.2, 0.25) is 0 Å². The lowest BCUT2D eigenvalue weighted by Gasteiger charge is -2.30. The van der Waals surface area contributed by atoms with Crippen molar-refractivity contribution in [3.05, 3.63) is 22.4 Å². The maximum absolute atomic E-state index is 13.5. The van der Waals surface area contributed by atoms with Crippen molar-refractivity contribution >= 4 is 33.2 Å². The molecule has 0 radical (unpaired) electrons. The second-order valence-electron chi connectivity index (χ2n) is 5.63. The molecular formula is C13H16BrFN2O. The molecule has 0 fully saturated rings. The Kier molecular flexibility index (Phi) is 3.36. The number of halogens is 2. The molecule has 1 amide bonds. The third-order valence-corrected chi connectivity index (χ3v) is 3.71. The van der Waals surface area contributed by atoms with Crippen molar-refractivity contribution in [3.8, 4) is 0 Å². The first-order chi connectivity index (χ1) is 8.27. The minimum atomic E-state index is -0.384. The van der Waals surface area contributed by atoms with Crippen molar-refractivity contribution < 1.29 is 9.18 Å². The second kappa shape index (κ2) is 4.53. The van der Waals surface area contributed by atoms with Crippen molar-refractivity contribution in [2.24, 2.45) is 5.41 Å². The average Bonchev–Trinajstić information content (AvgIpc) is 2.37. The molecule has 3 nitrogen and oxygen atoms in total. The van der Waals surface area contributed by atoms with Crippen molar-refractivity contribution in [2.75, 3.05) is 10.6 Å². The third kappa shape index (κ3) is 2.66. The van der Waals surface area contributed by atoms with Crippen LogP contribution in [-0.2, 0) is 4.79 Å². The molecule has 98 valence electrons. The second-order valence-corrected chi connectivity index (χ2v) is 6.48. The summed E-state index contributed by atoms with van der Waals surface area (Å²) in [4.78, 5) is 11.8. The Hall–Kier alpha value is -1.10. The Morgan fingerprint density at radius 1 is 1.33 bits per heavy atom. The fraction of sp³-hybridized carbons (Fsp3) is 0.462. The zero-order chi connectivity index (χ0) is 13.5. The number of benzene rings is 1. The molecule has 2 N–H and O–H groups in total. The van der Waals surface area contributed by atoms with Gasteiger partial charge in [-0.15, -0.1) is 0 Å². The van der Waals surface area contributed by atoms with Crippen LogP contribution in [-0.4, -0.2) is 11.9 Å². The normalized spacial score (nSPS) is 19.6. The molecule has 1 aromatic carbocycles. The van der Waals surface area contributed by atoms with Gasteiger partial charge in [-0.05, 0) is 27.4 Å². The topological polar surface area (TPSA) is 41.1 Å². The van der Waals surface area contributed by atoms with Crippen LogP contribution in [0, 0.1) is 11.2 Å². The molecule has 0 spiro atoms. The monoisotopic (exact) mass is 314 g/mol. The number of carbonyl (C=O) groups excluding carboxylic acids is 1. The van der Waals surface area contributed by atoms with Crippen molar-refractivity contribution in [1.29, 1.82) is 0 Å². The summed E-state index contributed by atoms with van der Waals surface area (Å²) in [6.07, 6.45) is 0.372. The van der Waals surface area contributed by atoms with Crippen LogP contribution < -0.4 is 10.6 Å². The minimum Gasteiger partial charge on any atom is -0.380 e. The van der Waals surface area contributed by atoms with Gasteiger partial charge in [0.1, 0.15) is 5.82 Å². The smallest absolute Gasteiger partial charge is 0.226 e. The van der Waals surface area contributed by atoms with E-state index in [1.165, 1.54) is 6.07 Å². The summed E-state index contributed by atoms with van der Waals surface area (Å²) < 4.78 is 13.9. The molecule has 0 aliphatic carbocycles. The molecule has 5 heteroatoms. The number of hydrogen-bond donors (Lipinski definition) is 2. The summed E-state index contributed by atoms with van der Waals surface area (Å²) >= 11 is 3.16. The van der Waals surface area contributed by atoms with E-state index in [2.05, 4.69) is 47.3 Å². The standard InChI is InChI=1S/C13H16BrFN2O/c1-13(2,3)11-6-12(18)17-10-5-8(15)7(14)4-9(10)16-11/h4-5,11,16H,6H2,1-3H3,(H,17,18). The summed E-state index contributed by atoms with van der Waals surface area (Å²) in [6.45, 7) is 6.21. The predicted molar refractivity (Wildman–Crippen MR) is 74.2 cm³/mol. The molecule has 2 rings (SSSR count). The van der Waals surface area contributed by atoms with Gasteiger partial charge in [-0.3, -0.25) is 4.79 Å². The fourth-order valence-electron chi connectivity index (χ4n) is 1.92. The zero-order valence-corrected chi connectivity index (χ0v) is 12.2. The quantitative estimate of drug-likeness (QED) is 0.765. The number of amides is 1. The van der Waals surface area contributed by atoms with E-state index in [1.807, 2.05) is 0 Å². The van der Waals surface area contributed by atoms with Crippen LogP contribution in [0.5, 0.6) is 0 Å². The third-order valence-electron chi connectivity index (χ3n) is 3.10. The summed E-state index contributed by atoms with van der Waals surface area (Å²) in [5.41, 5.74) is 1.18. The number of hydrogen-bond acceptors (Lipinski definition) is 2. The van der Waals surface area contributed by atoms with Crippen molar-refractivity contribution in [2.45, 2.75) is 33.2 Å². The van der Waals surface area contributed by atoms with E-state index in [9.17, 15) is 9.18 Å². The van der Waals surface area contributed by atoms with Crippen molar-refractivity contribution in [3.63, 3.8) is 0 Å². The van der Waals surface area contributed by atoms with Crippen LogP contribution in [0.15, 0.2) is 16.6 Å². The Bertz CT molecular complexity index is 496. The van der Waals surface area contributed by atoms with Gasteiger partial charge < -0.3 is 10.6 Å². The summed E-state index contributed by atoms with van der Waals surface area (Å²) in [7, 11) is 0. The highest BCUT2D eigenvalue weighted by atomic mass is 79.9. The Balaban J connectivity index is 2.43. The Morgan fingerprint density at radius 2 is 2.00 bits per heavy atom. The van der Waals surface area contributed by atoms with Gasteiger partial charge >= 0.3 is 0 Å². The van der Waals surface area contributed by atoms with Gasteiger partial charge in [0.25, 0.3) is 0 Å². The number of anilines is 2. The van der Waals surface area contributed by atoms with Gasteiger partial charge in [0.2, 0.25) is 5.91 Å². The highest BCUT2D eigenvalue weighted by molar-refractivity contribution is 9.10. The van der Waals surface area contributed by atoms with Gasteiger partial charge in [-0.1, -0.05) is 20.8 Å². The number of carbonyl (C=O) groups is 1. The summed E-state index contributed by atoms with van der Waals surface area (Å²) in [6, 6.07) is 3.00. The Labute approximate surface area is 114 Å². The van der Waals surface area contributed by atoms with Crippen LogP contribution in [0.4, 0.5) is 15.8 Å². The highest BCUT2D eigenvalue weighted by Crippen LogP contribution is 2.35. The van der Waals surface area contributed by atoms with Crippen LogP contribution >= 0.6 is 15.9 Å². The van der Waals surface area contributed by atoms with Crippen molar-refractivity contribution in [1.82, 2.24) is 0 Å². The minimum absolute atomic E-state index is 0.0103. The van der Waals surface area contributed by atoms with Gasteiger partial charge in [0.05, 0.1) is 15.8 Å². The summed E-state index contributed by atoms with van der Waals surface area (Å²) in [5.74, 6) is -0.479. The first-order valence-corrected chi connectivity index (χ1v) is 6.62.